The molecule has 0 bridgehead atoms. The van der Waals surface area contributed by atoms with E-state index in [1.54, 1.807) is 7.05 Å². The fourth-order valence-corrected chi connectivity index (χ4v) is 3.55. The van der Waals surface area contributed by atoms with Gasteiger partial charge in [0.2, 0.25) is 0 Å². The molecule has 0 spiro atoms. The van der Waals surface area contributed by atoms with Gasteiger partial charge in [-0.25, -0.2) is 13.8 Å². The highest BCUT2D eigenvalue weighted by Crippen LogP contribution is 2.39. The van der Waals surface area contributed by atoms with Crippen molar-refractivity contribution < 1.29 is 8.78 Å². The second kappa shape index (κ2) is 4.94. The van der Waals surface area contributed by atoms with Gasteiger partial charge in [-0.05, 0) is 31.6 Å². The van der Waals surface area contributed by atoms with Crippen LogP contribution >= 0.6 is 0 Å². The Morgan fingerprint density at radius 1 is 1.21 bits per heavy atom. The predicted octanol–water partition coefficient (Wildman–Crippen LogP) is 3.17. The molecule has 2 atom stereocenters. The van der Waals surface area contributed by atoms with E-state index in [1.807, 2.05) is 0 Å². The Hall–Kier alpha value is -1.39. The summed E-state index contributed by atoms with van der Waals surface area (Å²) in [5.41, 5.74) is 0. The molecule has 1 aliphatic carbocycles. The molecule has 1 N–H and O–H groups in total. The average molecular weight is 267 g/mol. The van der Waals surface area contributed by atoms with Crippen molar-refractivity contribution >= 4 is 11.6 Å². The molecule has 2 heterocycles. The molecule has 1 aliphatic heterocycles. The van der Waals surface area contributed by atoms with E-state index in [2.05, 4.69) is 15.2 Å². The normalized spacial score (nSPS) is 26.4. The minimum atomic E-state index is -0.635. The molecule has 104 valence electrons. The molecule has 2 aliphatic rings. The standard InChI is InChI=1S/C14H19F2N3/c1-17-13-10(15)8-11(16)14(18-13)19-7-3-5-9-4-2-6-12(9)19/h8-9,12H,2-7H2,1H3,(H,17,18). The summed E-state index contributed by atoms with van der Waals surface area (Å²) < 4.78 is 27.5. The molecule has 0 aromatic carbocycles. The van der Waals surface area contributed by atoms with Gasteiger partial charge in [-0.1, -0.05) is 6.42 Å². The molecule has 19 heavy (non-hydrogen) atoms. The highest BCUT2D eigenvalue weighted by Gasteiger charge is 2.36. The zero-order chi connectivity index (χ0) is 13.4. The summed E-state index contributed by atoms with van der Waals surface area (Å²) in [6, 6.07) is 1.32. The molecular formula is C14H19F2N3. The number of nitrogens with zero attached hydrogens (tertiary/aromatic N) is 2. The van der Waals surface area contributed by atoms with E-state index in [-0.39, 0.29) is 5.82 Å². The quantitative estimate of drug-likeness (QED) is 0.892. The van der Waals surface area contributed by atoms with Gasteiger partial charge >= 0.3 is 0 Å². The summed E-state index contributed by atoms with van der Waals surface area (Å²) in [6.45, 7) is 0.819. The molecule has 1 aromatic rings. The Labute approximate surface area is 112 Å². The van der Waals surface area contributed by atoms with Gasteiger partial charge in [0.15, 0.2) is 23.3 Å². The zero-order valence-electron chi connectivity index (χ0n) is 11.1. The van der Waals surface area contributed by atoms with Gasteiger partial charge in [0.25, 0.3) is 0 Å². The van der Waals surface area contributed by atoms with Crippen LogP contribution in [0.4, 0.5) is 20.4 Å². The van der Waals surface area contributed by atoms with E-state index >= 15 is 0 Å². The SMILES string of the molecule is CNc1nc(N2CCCC3CCCC32)c(F)cc1F. The third-order valence-corrected chi connectivity index (χ3v) is 4.41. The first-order chi connectivity index (χ1) is 9.20. The maximum atomic E-state index is 14.0. The highest BCUT2D eigenvalue weighted by atomic mass is 19.1. The lowest BCUT2D eigenvalue weighted by atomic mass is 9.92. The lowest BCUT2D eigenvalue weighted by Gasteiger charge is -2.38. The lowest BCUT2D eigenvalue weighted by molar-refractivity contribution is 0.357. The van der Waals surface area contributed by atoms with Crippen LogP contribution in [0, 0.1) is 17.6 Å². The van der Waals surface area contributed by atoms with Crippen molar-refractivity contribution in [3.8, 4) is 0 Å². The number of halogens is 2. The van der Waals surface area contributed by atoms with E-state index in [1.165, 1.54) is 19.3 Å². The summed E-state index contributed by atoms with van der Waals surface area (Å²) in [5.74, 6) is -0.107. The predicted molar refractivity (Wildman–Crippen MR) is 71.4 cm³/mol. The Bertz CT molecular complexity index is 478. The second-order valence-electron chi connectivity index (χ2n) is 5.47. The second-order valence-corrected chi connectivity index (χ2v) is 5.47. The first-order valence-corrected chi connectivity index (χ1v) is 7.01. The molecule has 1 saturated heterocycles. The minimum Gasteiger partial charge on any atom is -0.371 e. The Kier molecular flexibility index (Phi) is 3.29. The van der Waals surface area contributed by atoms with Crippen LogP contribution in [0.3, 0.4) is 0 Å². The monoisotopic (exact) mass is 267 g/mol. The van der Waals surface area contributed by atoms with Crippen molar-refractivity contribution in [3.05, 3.63) is 17.7 Å². The van der Waals surface area contributed by atoms with Crippen molar-refractivity contribution in [1.29, 1.82) is 0 Å². The van der Waals surface area contributed by atoms with Gasteiger partial charge < -0.3 is 10.2 Å². The number of anilines is 2. The Morgan fingerprint density at radius 3 is 2.79 bits per heavy atom. The summed E-state index contributed by atoms with van der Waals surface area (Å²) >= 11 is 0. The van der Waals surface area contributed by atoms with Crippen LogP contribution in [0.5, 0.6) is 0 Å². The van der Waals surface area contributed by atoms with Crippen molar-refractivity contribution in [2.45, 2.75) is 38.1 Å². The van der Waals surface area contributed by atoms with Gasteiger partial charge in [-0.15, -0.1) is 0 Å². The number of rotatable bonds is 2. The number of aromatic nitrogens is 1. The summed E-state index contributed by atoms with van der Waals surface area (Å²) in [5, 5.41) is 2.68. The fraction of sp³-hybridized carbons (Fsp3) is 0.643. The molecule has 0 radical (unpaired) electrons. The molecule has 2 unspecified atom stereocenters. The molecule has 2 fully saturated rings. The van der Waals surface area contributed by atoms with Gasteiger partial charge in [0.05, 0.1) is 0 Å². The van der Waals surface area contributed by atoms with E-state index < -0.39 is 11.6 Å². The van der Waals surface area contributed by atoms with Gasteiger partial charge in [-0.2, -0.15) is 0 Å². The first-order valence-electron chi connectivity index (χ1n) is 7.01. The van der Waals surface area contributed by atoms with Crippen molar-refractivity contribution in [2.75, 3.05) is 23.8 Å². The fourth-order valence-electron chi connectivity index (χ4n) is 3.55. The third-order valence-electron chi connectivity index (χ3n) is 4.41. The van der Waals surface area contributed by atoms with Crippen LogP contribution in [0.2, 0.25) is 0 Å². The minimum absolute atomic E-state index is 0.122. The summed E-state index contributed by atoms with van der Waals surface area (Å²) in [4.78, 5) is 6.19. The largest absolute Gasteiger partial charge is 0.371 e. The highest BCUT2D eigenvalue weighted by molar-refractivity contribution is 5.50. The summed E-state index contributed by atoms with van der Waals surface area (Å²) in [6.07, 6.45) is 5.81. The number of hydrogen-bond donors (Lipinski definition) is 1. The van der Waals surface area contributed by atoms with Crippen LogP contribution in [0.1, 0.15) is 32.1 Å². The molecule has 3 nitrogen and oxygen atoms in total. The van der Waals surface area contributed by atoms with Crippen LogP contribution in [-0.2, 0) is 0 Å². The molecule has 0 amide bonds. The van der Waals surface area contributed by atoms with Crippen molar-refractivity contribution in [2.24, 2.45) is 5.92 Å². The van der Waals surface area contributed by atoms with Crippen molar-refractivity contribution in [3.63, 3.8) is 0 Å². The molecule has 3 rings (SSSR count). The Morgan fingerprint density at radius 2 is 2.00 bits per heavy atom. The maximum absolute atomic E-state index is 14.0. The molecular weight excluding hydrogens is 248 g/mol. The maximum Gasteiger partial charge on any atom is 0.168 e. The number of nitrogens with one attached hydrogen (secondary N) is 1. The topological polar surface area (TPSA) is 28.2 Å². The number of pyridine rings is 1. The van der Waals surface area contributed by atoms with E-state index in [9.17, 15) is 8.78 Å². The first kappa shape index (κ1) is 12.6. The average Bonchev–Trinajstić information content (AvgIpc) is 2.87. The van der Waals surface area contributed by atoms with Crippen LogP contribution in [-0.4, -0.2) is 24.6 Å². The summed E-state index contributed by atoms with van der Waals surface area (Å²) in [7, 11) is 1.60. The molecule has 1 saturated carbocycles. The third kappa shape index (κ3) is 2.15. The van der Waals surface area contributed by atoms with E-state index in [0.29, 0.717) is 17.8 Å². The van der Waals surface area contributed by atoms with E-state index in [4.69, 9.17) is 0 Å². The van der Waals surface area contributed by atoms with Gasteiger partial charge in [-0.3, -0.25) is 0 Å². The van der Waals surface area contributed by atoms with Gasteiger partial charge in [0, 0.05) is 25.7 Å². The Balaban J connectivity index is 1.96. The number of hydrogen-bond acceptors (Lipinski definition) is 3. The molecule has 1 aromatic heterocycles. The zero-order valence-corrected chi connectivity index (χ0v) is 11.1. The smallest absolute Gasteiger partial charge is 0.168 e. The van der Waals surface area contributed by atoms with Crippen molar-refractivity contribution in [1.82, 2.24) is 4.98 Å². The van der Waals surface area contributed by atoms with E-state index in [0.717, 1.165) is 25.5 Å². The number of fused-ring (bicyclic) bond motifs is 1. The van der Waals surface area contributed by atoms with Gasteiger partial charge in [0.1, 0.15) is 0 Å². The van der Waals surface area contributed by atoms with Crippen LogP contribution in [0.15, 0.2) is 6.07 Å². The lowest BCUT2D eigenvalue weighted by Crippen LogP contribution is -2.43. The van der Waals surface area contributed by atoms with Crippen LogP contribution < -0.4 is 10.2 Å². The van der Waals surface area contributed by atoms with Crippen LogP contribution in [0.25, 0.3) is 0 Å². The molecule has 5 heteroatoms. The number of piperidine rings is 1.